The van der Waals surface area contributed by atoms with E-state index in [0.29, 0.717) is 5.56 Å². The number of carboxylic acids is 1. The summed E-state index contributed by atoms with van der Waals surface area (Å²) in [6, 6.07) is 7.01. The van der Waals surface area contributed by atoms with Crippen molar-refractivity contribution in [1.29, 1.82) is 0 Å². The number of carbonyl (C=O) groups excluding carboxylic acids is 1. The van der Waals surface area contributed by atoms with Crippen LogP contribution in [0.25, 0.3) is 0 Å². The molecule has 0 fully saturated rings. The molecule has 0 heterocycles. The molecule has 1 aromatic rings. The van der Waals surface area contributed by atoms with E-state index in [0.717, 1.165) is 12.0 Å². The highest BCUT2D eigenvalue weighted by molar-refractivity contribution is 5.87. The predicted octanol–water partition coefficient (Wildman–Crippen LogP) is 1.56. The van der Waals surface area contributed by atoms with Gasteiger partial charge >= 0.3 is 0 Å². The minimum atomic E-state index is -1.09. The van der Waals surface area contributed by atoms with Crippen molar-refractivity contribution in [2.75, 3.05) is 0 Å². The third-order valence-corrected chi connectivity index (χ3v) is 2.32. The Bertz CT molecular complexity index is 305. The number of hydrogen-bond donors (Lipinski definition) is 0. The maximum atomic E-state index is 10.7. The van der Waals surface area contributed by atoms with E-state index in [1.54, 1.807) is 12.1 Å². The van der Waals surface area contributed by atoms with Gasteiger partial charge in [-0.15, -0.1) is 0 Å². The van der Waals surface area contributed by atoms with Crippen LogP contribution in [0.15, 0.2) is 24.3 Å². The molecule has 1 unspecified atom stereocenters. The second kappa shape index (κ2) is 4.08. The average molecular weight is 177 g/mol. The number of aromatic carboxylic acids is 1. The summed E-state index contributed by atoms with van der Waals surface area (Å²) in [7, 11) is 0. The van der Waals surface area contributed by atoms with Crippen LogP contribution in [-0.4, -0.2) is 5.97 Å². The number of carboxylic acid groups (broad SMARTS) is 1. The van der Waals surface area contributed by atoms with Crippen LogP contribution < -0.4 is 5.11 Å². The van der Waals surface area contributed by atoms with Gasteiger partial charge in [-0.1, -0.05) is 38.1 Å². The lowest BCUT2D eigenvalue weighted by Crippen LogP contribution is -2.24. The smallest absolute Gasteiger partial charge is 0.0718 e. The van der Waals surface area contributed by atoms with Crippen LogP contribution in [0.5, 0.6) is 0 Å². The van der Waals surface area contributed by atoms with Gasteiger partial charge in [0.05, 0.1) is 5.97 Å². The quantitative estimate of drug-likeness (QED) is 0.703. The summed E-state index contributed by atoms with van der Waals surface area (Å²) in [4.78, 5) is 10.7. The first kappa shape index (κ1) is 9.78. The van der Waals surface area contributed by atoms with E-state index in [4.69, 9.17) is 0 Å². The molecule has 1 atom stereocenters. The minimum Gasteiger partial charge on any atom is -0.545 e. The van der Waals surface area contributed by atoms with Gasteiger partial charge in [0.25, 0.3) is 0 Å². The molecule has 0 aromatic heterocycles. The maximum absolute atomic E-state index is 10.7. The average Bonchev–Trinajstić information content (AvgIpc) is 2.16. The van der Waals surface area contributed by atoms with E-state index in [1.807, 2.05) is 26.0 Å². The SMILES string of the molecule is CCC(C)c1ccccc1C(=O)[O-]. The zero-order valence-corrected chi connectivity index (χ0v) is 7.91. The van der Waals surface area contributed by atoms with Crippen molar-refractivity contribution in [1.82, 2.24) is 0 Å². The van der Waals surface area contributed by atoms with Gasteiger partial charge in [0.2, 0.25) is 0 Å². The van der Waals surface area contributed by atoms with Crippen molar-refractivity contribution in [2.45, 2.75) is 26.2 Å². The molecule has 0 saturated carbocycles. The van der Waals surface area contributed by atoms with Crippen molar-refractivity contribution in [3.05, 3.63) is 35.4 Å². The third-order valence-electron chi connectivity index (χ3n) is 2.32. The van der Waals surface area contributed by atoms with E-state index in [2.05, 4.69) is 0 Å². The molecule has 0 aliphatic carbocycles. The maximum Gasteiger partial charge on any atom is 0.0718 e. The van der Waals surface area contributed by atoms with Gasteiger partial charge in [0.15, 0.2) is 0 Å². The van der Waals surface area contributed by atoms with Gasteiger partial charge in [-0.25, -0.2) is 0 Å². The monoisotopic (exact) mass is 177 g/mol. The Balaban J connectivity index is 3.11. The van der Waals surface area contributed by atoms with Crippen molar-refractivity contribution < 1.29 is 9.90 Å². The zero-order chi connectivity index (χ0) is 9.84. The second-order valence-electron chi connectivity index (χ2n) is 3.18. The highest BCUT2D eigenvalue weighted by Gasteiger charge is 2.07. The number of hydrogen-bond acceptors (Lipinski definition) is 2. The third kappa shape index (κ3) is 2.08. The largest absolute Gasteiger partial charge is 0.545 e. The van der Waals surface area contributed by atoms with Crippen LogP contribution in [0, 0.1) is 0 Å². The molecule has 0 amide bonds. The minimum absolute atomic E-state index is 0.272. The normalized spacial score (nSPS) is 12.5. The van der Waals surface area contributed by atoms with Crippen molar-refractivity contribution >= 4 is 5.97 Å². The Morgan fingerprint density at radius 1 is 1.46 bits per heavy atom. The lowest BCUT2D eigenvalue weighted by atomic mass is 9.94. The Morgan fingerprint density at radius 3 is 2.62 bits per heavy atom. The summed E-state index contributed by atoms with van der Waals surface area (Å²) >= 11 is 0. The fourth-order valence-corrected chi connectivity index (χ4v) is 1.33. The van der Waals surface area contributed by atoms with E-state index < -0.39 is 5.97 Å². The molecule has 0 bridgehead atoms. The Morgan fingerprint density at radius 2 is 2.08 bits per heavy atom. The predicted molar refractivity (Wildman–Crippen MR) is 49.5 cm³/mol. The van der Waals surface area contributed by atoms with E-state index in [-0.39, 0.29) is 5.92 Å². The first-order valence-corrected chi connectivity index (χ1v) is 4.47. The van der Waals surface area contributed by atoms with Crippen molar-refractivity contribution in [3.8, 4) is 0 Å². The Kier molecular flexibility index (Phi) is 3.07. The standard InChI is InChI=1S/C11H14O2/c1-3-8(2)9-6-4-5-7-10(9)11(12)13/h4-8H,3H2,1-2H3,(H,12,13)/p-1. The van der Waals surface area contributed by atoms with Gasteiger partial charge in [-0.3, -0.25) is 0 Å². The lowest BCUT2D eigenvalue weighted by molar-refractivity contribution is -0.255. The summed E-state index contributed by atoms with van der Waals surface area (Å²) in [5, 5.41) is 10.7. The molecule has 0 aliphatic heterocycles. The van der Waals surface area contributed by atoms with Crippen molar-refractivity contribution in [2.24, 2.45) is 0 Å². The summed E-state index contributed by atoms with van der Waals surface area (Å²) in [6.45, 7) is 4.05. The van der Waals surface area contributed by atoms with Crippen LogP contribution in [0.2, 0.25) is 0 Å². The van der Waals surface area contributed by atoms with Gasteiger partial charge in [-0.05, 0) is 17.9 Å². The number of carbonyl (C=O) groups is 1. The van der Waals surface area contributed by atoms with Crippen LogP contribution in [0.1, 0.15) is 42.1 Å². The molecule has 1 rings (SSSR count). The van der Waals surface area contributed by atoms with Crippen LogP contribution in [0.3, 0.4) is 0 Å². The molecule has 0 spiro atoms. The highest BCUT2D eigenvalue weighted by atomic mass is 16.4. The first-order chi connectivity index (χ1) is 6.16. The van der Waals surface area contributed by atoms with Crippen LogP contribution >= 0.6 is 0 Å². The summed E-state index contributed by atoms with van der Waals surface area (Å²) in [5.41, 5.74) is 1.18. The second-order valence-corrected chi connectivity index (χ2v) is 3.18. The molecular weight excluding hydrogens is 164 g/mol. The first-order valence-electron chi connectivity index (χ1n) is 4.47. The number of rotatable bonds is 3. The summed E-state index contributed by atoms with van der Waals surface area (Å²) in [6.07, 6.45) is 0.935. The van der Waals surface area contributed by atoms with Gasteiger partial charge < -0.3 is 9.90 Å². The van der Waals surface area contributed by atoms with Crippen LogP contribution in [-0.2, 0) is 0 Å². The summed E-state index contributed by atoms with van der Waals surface area (Å²) in [5.74, 6) is -0.815. The molecule has 0 saturated heterocycles. The van der Waals surface area contributed by atoms with Gasteiger partial charge in [0, 0.05) is 5.56 Å². The van der Waals surface area contributed by atoms with Crippen molar-refractivity contribution in [3.63, 3.8) is 0 Å². The topological polar surface area (TPSA) is 40.1 Å². The molecule has 13 heavy (non-hydrogen) atoms. The molecule has 70 valence electrons. The Hall–Kier alpha value is -1.31. The van der Waals surface area contributed by atoms with Gasteiger partial charge in [0.1, 0.15) is 0 Å². The summed E-state index contributed by atoms with van der Waals surface area (Å²) < 4.78 is 0. The fourth-order valence-electron chi connectivity index (χ4n) is 1.33. The molecule has 0 radical (unpaired) electrons. The Labute approximate surface area is 78.2 Å². The molecular formula is C11H13O2-. The fraction of sp³-hybridized carbons (Fsp3) is 0.364. The zero-order valence-electron chi connectivity index (χ0n) is 7.91. The molecule has 0 aliphatic rings. The van der Waals surface area contributed by atoms with E-state index in [9.17, 15) is 9.90 Å². The molecule has 2 heteroatoms. The van der Waals surface area contributed by atoms with E-state index in [1.165, 1.54) is 0 Å². The number of benzene rings is 1. The molecule has 0 N–H and O–H groups in total. The van der Waals surface area contributed by atoms with Crippen LogP contribution in [0.4, 0.5) is 0 Å². The molecule has 2 nitrogen and oxygen atoms in total. The highest BCUT2D eigenvalue weighted by Crippen LogP contribution is 2.21. The van der Waals surface area contributed by atoms with Gasteiger partial charge in [-0.2, -0.15) is 0 Å². The lowest BCUT2D eigenvalue weighted by Gasteiger charge is -2.14. The molecule has 1 aromatic carbocycles. The van der Waals surface area contributed by atoms with E-state index >= 15 is 0 Å².